The van der Waals surface area contributed by atoms with Crippen molar-refractivity contribution in [1.29, 1.82) is 0 Å². The van der Waals surface area contributed by atoms with E-state index in [-0.39, 0.29) is 6.42 Å². The summed E-state index contributed by atoms with van der Waals surface area (Å²) >= 11 is 0. The van der Waals surface area contributed by atoms with E-state index >= 15 is 0 Å². The normalized spacial score (nSPS) is 12.1. The molecule has 2 aromatic rings. The molecule has 6 heteroatoms. The third-order valence-corrected chi connectivity index (χ3v) is 2.88. The predicted molar refractivity (Wildman–Crippen MR) is 75.3 cm³/mol. The zero-order valence-corrected chi connectivity index (χ0v) is 11.0. The Morgan fingerprint density at radius 1 is 1.40 bits per heavy atom. The summed E-state index contributed by atoms with van der Waals surface area (Å²) < 4.78 is 0. The molecule has 1 atom stereocenters. The second-order valence-electron chi connectivity index (χ2n) is 4.54. The summed E-state index contributed by atoms with van der Waals surface area (Å²) in [5.74, 6) is -1.38. The highest BCUT2D eigenvalue weighted by Crippen LogP contribution is 2.23. The third kappa shape index (κ3) is 3.03. The quantitative estimate of drug-likeness (QED) is 0.761. The van der Waals surface area contributed by atoms with Crippen LogP contribution in [-0.2, 0) is 9.59 Å². The Bertz CT molecular complexity index is 670. The number of hydrogen-bond acceptors (Lipinski definition) is 4. The summed E-state index contributed by atoms with van der Waals surface area (Å²) in [6.07, 6.45) is -0.292. The third-order valence-electron chi connectivity index (χ3n) is 2.88. The standard InChI is InChI=1S/C14H15N3O3/c1-8-6-9-4-2-3-5-10(9)13(16-8)17-11(14(19)20)7-12(15)18/h2-6,11H,7H2,1H3,(H2,15,18)(H,16,17)(H,19,20). The molecule has 0 spiro atoms. The van der Waals surface area contributed by atoms with E-state index in [0.29, 0.717) is 5.82 Å². The molecule has 1 aromatic heterocycles. The van der Waals surface area contributed by atoms with Crippen LogP contribution in [0.5, 0.6) is 0 Å². The highest BCUT2D eigenvalue weighted by molar-refractivity contribution is 5.94. The van der Waals surface area contributed by atoms with Crippen molar-refractivity contribution in [2.75, 3.05) is 5.32 Å². The van der Waals surface area contributed by atoms with Crippen LogP contribution in [0.1, 0.15) is 12.1 Å². The maximum absolute atomic E-state index is 11.2. The number of aryl methyl sites for hydroxylation is 1. The van der Waals surface area contributed by atoms with Gasteiger partial charge in [-0.1, -0.05) is 24.3 Å². The Hall–Kier alpha value is -2.63. The van der Waals surface area contributed by atoms with E-state index in [1.165, 1.54) is 0 Å². The molecule has 0 saturated heterocycles. The minimum Gasteiger partial charge on any atom is -0.480 e. The Labute approximate surface area is 115 Å². The van der Waals surface area contributed by atoms with Crippen LogP contribution >= 0.6 is 0 Å². The zero-order valence-electron chi connectivity index (χ0n) is 11.0. The van der Waals surface area contributed by atoms with Gasteiger partial charge in [0, 0.05) is 11.1 Å². The van der Waals surface area contributed by atoms with Gasteiger partial charge in [0.25, 0.3) is 0 Å². The molecule has 20 heavy (non-hydrogen) atoms. The molecule has 2 rings (SSSR count). The minimum absolute atomic E-state index is 0.292. The number of nitrogens with two attached hydrogens (primary N) is 1. The van der Waals surface area contributed by atoms with E-state index < -0.39 is 17.9 Å². The number of carbonyl (C=O) groups excluding carboxylic acids is 1. The van der Waals surface area contributed by atoms with Crippen molar-refractivity contribution in [1.82, 2.24) is 4.98 Å². The number of rotatable bonds is 5. The molecule has 4 N–H and O–H groups in total. The number of carboxylic acid groups (broad SMARTS) is 1. The average molecular weight is 273 g/mol. The van der Waals surface area contributed by atoms with Gasteiger partial charge < -0.3 is 16.2 Å². The molecule has 0 radical (unpaired) electrons. The smallest absolute Gasteiger partial charge is 0.326 e. The van der Waals surface area contributed by atoms with E-state index in [4.69, 9.17) is 10.8 Å². The fourth-order valence-corrected chi connectivity index (χ4v) is 2.01. The van der Waals surface area contributed by atoms with Gasteiger partial charge in [0.1, 0.15) is 11.9 Å². The van der Waals surface area contributed by atoms with Crippen molar-refractivity contribution in [3.8, 4) is 0 Å². The molecule has 1 amide bonds. The van der Waals surface area contributed by atoms with Gasteiger partial charge in [-0.25, -0.2) is 9.78 Å². The number of carbonyl (C=O) groups is 2. The average Bonchev–Trinajstić information content (AvgIpc) is 2.37. The maximum atomic E-state index is 11.2. The molecule has 0 saturated carbocycles. The van der Waals surface area contributed by atoms with Crippen LogP contribution in [0.15, 0.2) is 30.3 Å². The van der Waals surface area contributed by atoms with E-state index in [1.807, 2.05) is 37.3 Å². The van der Waals surface area contributed by atoms with Crippen molar-refractivity contribution in [2.24, 2.45) is 5.73 Å². The highest BCUT2D eigenvalue weighted by atomic mass is 16.4. The van der Waals surface area contributed by atoms with E-state index in [1.54, 1.807) is 0 Å². The number of carboxylic acids is 1. The Morgan fingerprint density at radius 3 is 2.75 bits per heavy atom. The fraction of sp³-hybridized carbons (Fsp3) is 0.214. The number of fused-ring (bicyclic) bond motifs is 1. The number of pyridine rings is 1. The van der Waals surface area contributed by atoms with Gasteiger partial charge in [-0.05, 0) is 18.4 Å². The largest absolute Gasteiger partial charge is 0.480 e. The number of benzene rings is 1. The second-order valence-corrected chi connectivity index (χ2v) is 4.54. The number of nitrogens with one attached hydrogen (secondary N) is 1. The molecule has 0 aliphatic carbocycles. The highest BCUT2D eigenvalue weighted by Gasteiger charge is 2.21. The molecule has 6 nitrogen and oxygen atoms in total. The molecule has 0 aliphatic rings. The van der Waals surface area contributed by atoms with E-state index in [9.17, 15) is 9.59 Å². The summed E-state index contributed by atoms with van der Waals surface area (Å²) in [7, 11) is 0. The van der Waals surface area contributed by atoms with Gasteiger partial charge in [0.15, 0.2) is 0 Å². The Balaban J connectivity index is 2.41. The van der Waals surface area contributed by atoms with Crippen LogP contribution in [0.3, 0.4) is 0 Å². The lowest BCUT2D eigenvalue weighted by Crippen LogP contribution is -2.34. The molecular weight excluding hydrogens is 258 g/mol. The molecule has 0 aliphatic heterocycles. The van der Waals surface area contributed by atoms with Crippen LogP contribution < -0.4 is 11.1 Å². The molecular formula is C14H15N3O3. The van der Waals surface area contributed by atoms with Crippen molar-refractivity contribution >= 4 is 28.5 Å². The zero-order chi connectivity index (χ0) is 14.7. The Morgan fingerprint density at radius 2 is 2.10 bits per heavy atom. The summed E-state index contributed by atoms with van der Waals surface area (Å²) in [4.78, 5) is 26.4. The van der Waals surface area contributed by atoms with Crippen molar-refractivity contribution in [3.63, 3.8) is 0 Å². The van der Waals surface area contributed by atoms with Crippen molar-refractivity contribution in [2.45, 2.75) is 19.4 Å². The Kier molecular flexibility index (Phi) is 3.84. The van der Waals surface area contributed by atoms with Crippen LogP contribution in [0.25, 0.3) is 10.8 Å². The first kappa shape index (κ1) is 13.8. The van der Waals surface area contributed by atoms with Crippen LogP contribution in [0.2, 0.25) is 0 Å². The predicted octanol–water partition coefficient (Wildman–Crippen LogP) is 1.28. The second kappa shape index (κ2) is 5.56. The van der Waals surface area contributed by atoms with Crippen LogP contribution in [0.4, 0.5) is 5.82 Å². The number of anilines is 1. The minimum atomic E-state index is -1.14. The summed E-state index contributed by atoms with van der Waals surface area (Å²) in [5.41, 5.74) is 5.82. The van der Waals surface area contributed by atoms with Gasteiger partial charge in [0.05, 0.1) is 6.42 Å². The number of aromatic nitrogens is 1. The van der Waals surface area contributed by atoms with E-state index in [0.717, 1.165) is 16.5 Å². The van der Waals surface area contributed by atoms with Gasteiger partial charge in [-0.15, -0.1) is 0 Å². The monoisotopic (exact) mass is 273 g/mol. The molecule has 0 bridgehead atoms. The van der Waals surface area contributed by atoms with Crippen molar-refractivity contribution < 1.29 is 14.7 Å². The van der Waals surface area contributed by atoms with Crippen LogP contribution in [-0.4, -0.2) is 28.0 Å². The lowest BCUT2D eigenvalue weighted by molar-refractivity contribution is -0.139. The van der Waals surface area contributed by atoms with Gasteiger partial charge in [-0.2, -0.15) is 0 Å². The van der Waals surface area contributed by atoms with Gasteiger partial charge >= 0.3 is 5.97 Å². The lowest BCUT2D eigenvalue weighted by atomic mass is 10.1. The first-order chi connectivity index (χ1) is 9.47. The maximum Gasteiger partial charge on any atom is 0.326 e. The molecule has 104 valence electrons. The molecule has 1 aromatic carbocycles. The van der Waals surface area contributed by atoms with E-state index in [2.05, 4.69) is 10.3 Å². The topological polar surface area (TPSA) is 105 Å². The lowest BCUT2D eigenvalue weighted by Gasteiger charge is -2.15. The number of aliphatic carboxylic acids is 1. The number of amides is 1. The molecule has 0 fully saturated rings. The molecule has 1 heterocycles. The van der Waals surface area contributed by atoms with Gasteiger partial charge in [-0.3, -0.25) is 4.79 Å². The summed E-state index contributed by atoms with van der Waals surface area (Å²) in [6, 6.07) is 8.31. The number of hydrogen-bond donors (Lipinski definition) is 3. The fourth-order valence-electron chi connectivity index (χ4n) is 2.01. The first-order valence-corrected chi connectivity index (χ1v) is 6.11. The number of primary amides is 1. The summed E-state index contributed by atoms with van der Waals surface area (Å²) in [5, 5.41) is 13.7. The SMILES string of the molecule is Cc1cc2ccccc2c(NC(CC(N)=O)C(=O)O)n1. The first-order valence-electron chi connectivity index (χ1n) is 6.11. The van der Waals surface area contributed by atoms with Crippen molar-refractivity contribution in [3.05, 3.63) is 36.0 Å². The number of nitrogens with zero attached hydrogens (tertiary/aromatic N) is 1. The van der Waals surface area contributed by atoms with Gasteiger partial charge in [0.2, 0.25) is 5.91 Å². The molecule has 1 unspecified atom stereocenters. The van der Waals surface area contributed by atoms with Crippen LogP contribution in [0, 0.1) is 6.92 Å². The summed E-state index contributed by atoms with van der Waals surface area (Å²) in [6.45, 7) is 1.82.